The summed E-state index contributed by atoms with van der Waals surface area (Å²) >= 11 is 0. The van der Waals surface area contributed by atoms with E-state index in [2.05, 4.69) is 6.07 Å². The zero-order chi connectivity index (χ0) is 15.1. The molecule has 0 aliphatic heterocycles. The van der Waals surface area contributed by atoms with Gasteiger partial charge in [-0.1, -0.05) is 12.1 Å². The minimum absolute atomic E-state index is 0.180. The van der Waals surface area contributed by atoms with Crippen molar-refractivity contribution in [3.63, 3.8) is 0 Å². The van der Waals surface area contributed by atoms with Crippen LogP contribution in [0.3, 0.4) is 0 Å². The highest BCUT2D eigenvalue weighted by molar-refractivity contribution is 5.73. The highest BCUT2D eigenvalue weighted by atomic mass is 16.7. The van der Waals surface area contributed by atoms with E-state index in [1.54, 1.807) is 25.3 Å². The molecule has 2 aromatic carbocycles. The summed E-state index contributed by atoms with van der Waals surface area (Å²) in [5, 5.41) is 9.07. The van der Waals surface area contributed by atoms with E-state index in [0.717, 1.165) is 16.9 Å². The van der Waals surface area contributed by atoms with E-state index in [-0.39, 0.29) is 6.79 Å². The van der Waals surface area contributed by atoms with E-state index >= 15 is 0 Å². The van der Waals surface area contributed by atoms with E-state index in [1.807, 2.05) is 31.2 Å². The standard InChI is InChI=1S/C17H17NO3/c1-3-20-12-21-17-8-7-13(11-18)9-16(17)14-5-4-6-15(10-14)19-2/h4-10H,3,12H2,1-2H3. The molecule has 0 fully saturated rings. The van der Waals surface area contributed by atoms with Gasteiger partial charge in [0, 0.05) is 12.2 Å². The molecule has 0 bridgehead atoms. The molecule has 0 radical (unpaired) electrons. The minimum Gasteiger partial charge on any atom is -0.497 e. The summed E-state index contributed by atoms with van der Waals surface area (Å²) in [6, 6.07) is 15.1. The summed E-state index contributed by atoms with van der Waals surface area (Å²) in [5.41, 5.74) is 2.35. The van der Waals surface area contributed by atoms with Crippen molar-refractivity contribution in [2.45, 2.75) is 6.92 Å². The number of methoxy groups -OCH3 is 1. The van der Waals surface area contributed by atoms with Crippen molar-refractivity contribution < 1.29 is 14.2 Å². The number of rotatable bonds is 6. The number of benzene rings is 2. The molecule has 0 saturated carbocycles. The summed E-state index contributed by atoms with van der Waals surface area (Å²) in [7, 11) is 1.62. The Morgan fingerprint density at radius 3 is 2.71 bits per heavy atom. The van der Waals surface area contributed by atoms with Crippen LogP contribution in [0.15, 0.2) is 42.5 Å². The normalized spacial score (nSPS) is 9.95. The van der Waals surface area contributed by atoms with Gasteiger partial charge in [-0.05, 0) is 42.8 Å². The summed E-state index contributed by atoms with van der Waals surface area (Å²) in [6.07, 6.45) is 0. The van der Waals surface area contributed by atoms with Gasteiger partial charge >= 0.3 is 0 Å². The lowest BCUT2D eigenvalue weighted by molar-refractivity contribution is 0.0227. The highest BCUT2D eigenvalue weighted by Gasteiger charge is 2.09. The minimum atomic E-state index is 0.180. The van der Waals surface area contributed by atoms with Gasteiger partial charge in [0.05, 0.1) is 18.7 Å². The Morgan fingerprint density at radius 1 is 1.14 bits per heavy atom. The van der Waals surface area contributed by atoms with Crippen molar-refractivity contribution in [2.24, 2.45) is 0 Å². The largest absolute Gasteiger partial charge is 0.497 e. The van der Waals surface area contributed by atoms with Gasteiger partial charge < -0.3 is 14.2 Å². The Labute approximate surface area is 124 Å². The predicted molar refractivity (Wildman–Crippen MR) is 80.3 cm³/mol. The van der Waals surface area contributed by atoms with Crippen LogP contribution >= 0.6 is 0 Å². The topological polar surface area (TPSA) is 51.5 Å². The van der Waals surface area contributed by atoms with Crippen LogP contribution in [0.1, 0.15) is 12.5 Å². The third-order valence-corrected chi connectivity index (χ3v) is 2.99. The number of nitriles is 1. The lowest BCUT2D eigenvalue weighted by atomic mass is 10.0. The van der Waals surface area contributed by atoms with Crippen molar-refractivity contribution in [1.82, 2.24) is 0 Å². The second-order valence-electron chi connectivity index (χ2n) is 4.31. The first kappa shape index (κ1) is 14.9. The quantitative estimate of drug-likeness (QED) is 0.600. The molecule has 108 valence electrons. The van der Waals surface area contributed by atoms with Crippen LogP contribution in [0.2, 0.25) is 0 Å². The van der Waals surface area contributed by atoms with Gasteiger partial charge in [-0.2, -0.15) is 5.26 Å². The summed E-state index contributed by atoms with van der Waals surface area (Å²) < 4.78 is 16.1. The molecule has 0 aliphatic carbocycles. The highest BCUT2D eigenvalue weighted by Crippen LogP contribution is 2.33. The monoisotopic (exact) mass is 283 g/mol. The van der Waals surface area contributed by atoms with Crippen molar-refractivity contribution >= 4 is 0 Å². The van der Waals surface area contributed by atoms with Gasteiger partial charge in [0.2, 0.25) is 0 Å². The van der Waals surface area contributed by atoms with E-state index in [9.17, 15) is 0 Å². The molecule has 2 aromatic rings. The third kappa shape index (κ3) is 3.74. The molecular formula is C17H17NO3. The van der Waals surface area contributed by atoms with E-state index in [0.29, 0.717) is 17.9 Å². The van der Waals surface area contributed by atoms with Crippen molar-refractivity contribution in [3.05, 3.63) is 48.0 Å². The SMILES string of the molecule is CCOCOc1ccc(C#N)cc1-c1cccc(OC)c1. The molecule has 2 rings (SSSR count). The van der Waals surface area contributed by atoms with Crippen molar-refractivity contribution in [2.75, 3.05) is 20.5 Å². The fourth-order valence-electron chi connectivity index (χ4n) is 1.93. The van der Waals surface area contributed by atoms with Crippen LogP contribution < -0.4 is 9.47 Å². The molecule has 0 heterocycles. The van der Waals surface area contributed by atoms with Gasteiger partial charge in [-0.3, -0.25) is 0 Å². The molecule has 0 aromatic heterocycles. The first-order valence-electron chi connectivity index (χ1n) is 6.67. The fraction of sp³-hybridized carbons (Fsp3) is 0.235. The predicted octanol–water partition coefficient (Wildman–Crippen LogP) is 3.61. The lowest BCUT2D eigenvalue weighted by Gasteiger charge is -2.12. The number of hydrogen-bond donors (Lipinski definition) is 0. The molecule has 0 unspecified atom stereocenters. The Hall–Kier alpha value is -2.51. The number of hydrogen-bond acceptors (Lipinski definition) is 4. The summed E-state index contributed by atoms with van der Waals surface area (Å²) in [4.78, 5) is 0. The van der Waals surface area contributed by atoms with E-state index in [4.69, 9.17) is 19.5 Å². The lowest BCUT2D eigenvalue weighted by Crippen LogP contribution is -2.03. The Bertz CT molecular complexity index is 647. The molecule has 0 N–H and O–H groups in total. The summed E-state index contributed by atoms with van der Waals surface area (Å²) in [5.74, 6) is 1.43. The Morgan fingerprint density at radius 2 is 2.00 bits per heavy atom. The van der Waals surface area contributed by atoms with Crippen LogP contribution in [-0.2, 0) is 4.74 Å². The van der Waals surface area contributed by atoms with Gasteiger partial charge in [-0.25, -0.2) is 0 Å². The fourth-order valence-corrected chi connectivity index (χ4v) is 1.93. The van der Waals surface area contributed by atoms with Crippen LogP contribution in [-0.4, -0.2) is 20.5 Å². The molecule has 0 atom stereocenters. The van der Waals surface area contributed by atoms with Crippen LogP contribution in [0.4, 0.5) is 0 Å². The average Bonchev–Trinajstić information content (AvgIpc) is 2.55. The third-order valence-electron chi connectivity index (χ3n) is 2.99. The van der Waals surface area contributed by atoms with Crippen LogP contribution in [0.5, 0.6) is 11.5 Å². The number of nitrogens with zero attached hydrogens (tertiary/aromatic N) is 1. The zero-order valence-corrected chi connectivity index (χ0v) is 12.1. The Balaban J connectivity index is 2.40. The smallest absolute Gasteiger partial charge is 0.189 e. The molecule has 0 saturated heterocycles. The van der Waals surface area contributed by atoms with Gasteiger partial charge in [0.15, 0.2) is 6.79 Å². The maximum absolute atomic E-state index is 9.07. The first-order valence-corrected chi connectivity index (χ1v) is 6.67. The van der Waals surface area contributed by atoms with Gasteiger partial charge in [0.25, 0.3) is 0 Å². The number of ether oxygens (including phenoxy) is 3. The Kier molecular flexibility index (Phi) is 5.19. The molecular weight excluding hydrogens is 266 g/mol. The van der Waals surface area contributed by atoms with Crippen LogP contribution in [0.25, 0.3) is 11.1 Å². The second kappa shape index (κ2) is 7.32. The molecule has 4 nitrogen and oxygen atoms in total. The molecule has 0 amide bonds. The molecule has 0 aliphatic rings. The zero-order valence-electron chi connectivity index (χ0n) is 12.1. The second-order valence-corrected chi connectivity index (χ2v) is 4.31. The average molecular weight is 283 g/mol. The molecule has 21 heavy (non-hydrogen) atoms. The molecule has 4 heteroatoms. The van der Waals surface area contributed by atoms with Gasteiger partial charge in [-0.15, -0.1) is 0 Å². The molecule has 0 spiro atoms. The van der Waals surface area contributed by atoms with Crippen molar-refractivity contribution in [1.29, 1.82) is 5.26 Å². The van der Waals surface area contributed by atoms with Crippen LogP contribution in [0, 0.1) is 11.3 Å². The maximum atomic E-state index is 9.07. The van der Waals surface area contributed by atoms with E-state index < -0.39 is 0 Å². The maximum Gasteiger partial charge on any atom is 0.189 e. The van der Waals surface area contributed by atoms with E-state index in [1.165, 1.54) is 0 Å². The first-order chi connectivity index (χ1) is 10.3. The van der Waals surface area contributed by atoms with Crippen molar-refractivity contribution in [3.8, 4) is 28.7 Å². The summed E-state index contributed by atoms with van der Waals surface area (Å²) in [6.45, 7) is 2.68. The van der Waals surface area contributed by atoms with Gasteiger partial charge in [0.1, 0.15) is 11.5 Å².